The number of aromatic nitrogens is 1. The monoisotopic (exact) mass is 422 g/mol. The second kappa shape index (κ2) is 8.84. The van der Waals surface area contributed by atoms with Gasteiger partial charge in [-0.15, -0.1) is 0 Å². The lowest BCUT2D eigenvalue weighted by Crippen LogP contribution is -2.13. The van der Waals surface area contributed by atoms with E-state index in [0.29, 0.717) is 17.7 Å². The summed E-state index contributed by atoms with van der Waals surface area (Å²) in [7, 11) is 0. The fourth-order valence-corrected chi connectivity index (χ4v) is 4.29. The van der Waals surface area contributed by atoms with Gasteiger partial charge < -0.3 is 19.8 Å². The van der Waals surface area contributed by atoms with Crippen LogP contribution in [0.15, 0.2) is 42.5 Å². The van der Waals surface area contributed by atoms with E-state index >= 15 is 0 Å². The number of ether oxygens (including phenoxy) is 2. The maximum absolute atomic E-state index is 14.1. The van der Waals surface area contributed by atoms with Crippen LogP contribution in [0.3, 0.4) is 0 Å². The molecule has 0 fully saturated rings. The number of fused-ring (bicyclic) bond motifs is 1. The van der Waals surface area contributed by atoms with Gasteiger partial charge in [0.1, 0.15) is 5.82 Å². The Morgan fingerprint density at radius 3 is 2.68 bits per heavy atom. The van der Waals surface area contributed by atoms with Crippen molar-refractivity contribution in [2.75, 3.05) is 6.79 Å². The minimum atomic E-state index is -0.502. The summed E-state index contributed by atoms with van der Waals surface area (Å²) in [6.45, 7) is 4.83. The van der Waals surface area contributed by atoms with Gasteiger partial charge in [-0.1, -0.05) is 38.0 Å². The van der Waals surface area contributed by atoms with E-state index in [9.17, 15) is 9.18 Å². The van der Waals surface area contributed by atoms with Crippen molar-refractivity contribution >= 4 is 5.91 Å². The molecule has 0 radical (unpaired) electrons. The van der Waals surface area contributed by atoms with Crippen LogP contribution in [0.4, 0.5) is 4.39 Å². The zero-order valence-corrected chi connectivity index (χ0v) is 17.9. The van der Waals surface area contributed by atoms with E-state index in [2.05, 4.69) is 11.5 Å². The molecule has 5 nitrogen and oxygen atoms in total. The molecule has 0 unspecified atom stereocenters. The topological polar surface area (TPSA) is 66.5 Å². The summed E-state index contributed by atoms with van der Waals surface area (Å²) in [4.78, 5) is 12.5. The summed E-state index contributed by atoms with van der Waals surface area (Å²) in [5, 5.41) is 0. The van der Waals surface area contributed by atoms with Crippen LogP contribution >= 0.6 is 0 Å². The van der Waals surface area contributed by atoms with E-state index in [0.717, 1.165) is 59.7 Å². The van der Waals surface area contributed by atoms with Gasteiger partial charge in [0.25, 0.3) is 5.91 Å². The third kappa shape index (κ3) is 4.15. The molecule has 0 saturated heterocycles. The van der Waals surface area contributed by atoms with Crippen molar-refractivity contribution in [3.8, 4) is 22.6 Å². The molecule has 0 bridgehead atoms. The maximum atomic E-state index is 14.1. The van der Waals surface area contributed by atoms with E-state index in [1.807, 2.05) is 31.2 Å². The van der Waals surface area contributed by atoms with Crippen LogP contribution in [0.1, 0.15) is 53.5 Å². The Kier molecular flexibility index (Phi) is 5.98. The maximum Gasteiger partial charge on any atom is 0.251 e. The summed E-state index contributed by atoms with van der Waals surface area (Å²) < 4.78 is 27.1. The number of unbranched alkanes of at least 4 members (excludes halogenated alkanes) is 2. The van der Waals surface area contributed by atoms with Crippen LogP contribution in [0.2, 0.25) is 0 Å². The van der Waals surface area contributed by atoms with Gasteiger partial charge in [-0.25, -0.2) is 4.39 Å². The molecule has 4 rings (SSSR count). The summed E-state index contributed by atoms with van der Waals surface area (Å²) in [5.74, 6) is 0.608. The van der Waals surface area contributed by atoms with E-state index in [-0.39, 0.29) is 12.6 Å². The predicted molar refractivity (Wildman–Crippen MR) is 118 cm³/mol. The highest BCUT2D eigenvalue weighted by Crippen LogP contribution is 2.36. The van der Waals surface area contributed by atoms with Gasteiger partial charge in [0.2, 0.25) is 6.79 Å². The Morgan fingerprint density at radius 1 is 1.13 bits per heavy atom. The summed E-state index contributed by atoms with van der Waals surface area (Å²) >= 11 is 0. The molecule has 1 aliphatic heterocycles. The third-order valence-electron chi connectivity index (χ3n) is 5.79. The summed E-state index contributed by atoms with van der Waals surface area (Å²) in [6.07, 6.45) is 3.91. The molecule has 2 heterocycles. The average Bonchev–Trinajstić information content (AvgIpc) is 3.31. The van der Waals surface area contributed by atoms with Crippen molar-refractivity contribution < 1.29 is 18.7 Å². The molecular weight excluding hydrogens is 395 g/mol. The SMILES string of the molecule is CCCCCc1c(-c2cccc(F)c2)c(C(N)=O)c(C)n1Cc1ccc2c(c1)OCO2. The fourth-order valence-electron chi connectivity index (χ4n) is 4.29. The molecule has 31 heavy (non-hydrogen) atoms. The lowest BCUT2D eigenvalue weighted by molar-refractivity contribution is 0.1000. The first-order valence-corrected chi connectivity index (χ1v) is 10.7. The largest absolute Gasteiger partial charge is 0.454 e. The molecule has 0 atom stereocenters. The minimum absolute atomic E-state index is 0.221. The number of carbonyl (C=O) groups is 1. The molecule has 1 aliphatic rings. The first-order chi connectivity index (χ1) is 15.0. The first kappa shape index (κ1) is 21.0. The summed E-state index contributed by atoms with van der Waals surface area (Å²) in [6, 6.07) is 12.2. The van der Waals surface area contributed by atoms with Crippen LogP contribution in [0.25, 0.3) is 11.1 Å². The van der Waals surface area contributed by atoms with E-state index in [4.69, 9.17) is 15.2 Å². The van der Waals surface area contributed by atoms with Crippen molar-refractivity contribution in [3.63, 3.8) is 0 Å². The van der Waals surface area contributed by atoms with Gasteiger partial charge in [0.15, 0.2) is 11.5 Å². The van der Waals surface area contributed by atoms with Gasteiger partial charge in [0.05, 0.1) is 5.56 Å². The molecular formula is C25H27FN2O3. The third-order valence-corrected chi connectivity index (χ3v) is 5.79. The first-order valence-electron chi connectivity index (χ1n) is 10.7. The highest BCUT2D eigenvalue weighted by atomic mass is 19.1. The van der Waals surface area contributed by atoms with Gasteiger partial charge in [-0.2, -0.15) is 0 Å². The Balaban J connectivity index is 1.84. The number of benzene rings is 2. The van der Waals surface area contributed by atoms with Gasteiger partial charge >= 0.3 is 0 Å². The molecule has 0 saturated carbocycles. The number of amides is 1. The molecule has 1 aromatic heterocycles. The molecule has 6 heteroatoms. The van der Waals surface area contributed by atoms with Crippen LogP contribution in [-0.2, 0) is 13.0 Å². The van der Waals surface area contributed by atoms with Crippen molar-refractivity contribution in [1.29, 1.82) is 0 Å². The number of halogens is 1. The molecule has 3 aromatic rings. The molecule has 2 N–H and O–H groups in total. The smallest absolute Gasteiger partial charge is 0.251 e. The van der Waals surface area contributed by atoms with Crippen molar-refractivity contribution in [1.82, 2.24) is 4.57 Å². The second-order valence-electron chi connectivity index (χ2n) is 7.89. The van der Waals surface area contributed by atoms with Gasteiger partial charge in [0, 0.05) is 23.5 Å². The predicted octanol–water partition coefficient (Wildman–Crippen LogP) is 5.21. The number of primary amides is 1. The van der Waals surface area contributed by atoms with Crippen LogP contribution in [0.5, 0.6) is 11.5 Å². The van der Waals surface area contributed by atoms with Crippen molar-refractivity contribution in [2.24, 2.45) is 5.73 Å². The highest BCUT2D eigenvalue weighted by molar-refractivity contribution is 6.02. The lowest BCUT2D eigenvalue weighted by atomic mass is 9.97. The van der Waals surface area contributed by atoms with Crippen molar-refractivity contribution in [2.45, 2.75) is 46.1 Å². The number of nitrogens with two attached hydrogens (primary N) is 1. The minimum Gasteiger partial charge on any atom is -0.454 e. The Morgan fingerprint density at radius 2 is 1.94 bits per heavy atom. The normalized spacial score (nSPS) is 12.4. The zero-order valence-electron chi connectivity index (χ0n) is 17.9. The van der Waals surface area contributed by atoms with E-state index in [1.54, 1.807) is 6.07 Å². The van der Waals surface area contributed by atoms with Crippen LogP contribution in [0, 0.1) is 12.7 Å². The molecule has 0 aliphatic carbocycles. The van der Waals surface area contributed by atoms with Crippen molar-refractivity contribution in [3.05, 3.63) is 70.8 Å². The number of rotatable bonds is 8. The molecule has 1 amide bonds. The lowest BCUT2D eigenvalue weighted by Gasteiger charge is -2.14. The second-order valence-corrected chi connectivity index (χ2v) is 7.89. The Bertz CT molecular complexity index is 1120. The molecule has 0 spiro atoms. The Labute approximate surface area is 181 Å². The quantitative estimate of drug-likeness (QED) is 0.507. The van der Waals surface area contributed by atoms with Crippen LogP contribution in [-0.4, -0.2) is 17.3 Å². The Hall–Kier alpha value is -3.28. The highest BCUT2D eigenvalue weighted by Gasteiger charge is 2.25. The number of hydrogen-bond acceptors (Lipinski definition) is 3. The number of nitrogens with zero attached hydrogens (tertiary/aromatic N) is 1. The fraction of sp³-hybridized carbons (Fsp3) is 0.320. The average molecular weight is 423 g/mol. The molecule has 162 valence electrons. The van der Waals surface area contributed by atoms with Gasteiger partial charge in [-0.3, -0.25) is 4.79 Å². The van der Waals surface area contributed by atoms with Gasteiger partial charge in [-0.05, 0) is 55.2 Å². The molecule has 2 aromatic carbocycles. The standard InChI is InChI=1S/C25H27FN2O3/c1-3-4-5-9-20-24(18-7-6-8-19(26)13-18)23(25(27)29)16(2)28(20)14-17-10-11-21-22(12-17)31-15-30-21/h6-8,10-13H,3-5,9,14-15H2,1-2H3,(H2,27,29). The summed E-state index contributed by atoms with van der Waals surface area (Å²) in [5.41, 5.74) is 10.5. The zero-order chi connectivity index (χ0) is 22.0. The number of hydrogen-bond donors (Lipinski definition) is 1. The van der Waals surface area contributed by atoms with Crippen LogP contribution < -0.4 is 15.2 Å². The van der Waals surface area contributed by atoms with E-state index in [1.165, 1.54) is 12.1 Å². The number of carbonyl (C=O) groups excluding carboxylic acids is 1. The van der Waals surface area contributed by atoms with E-state index < -0.39 is 5.91 Å².